The fraction of sp³-hybridized carbons (Fsp3) is 0.857. The van der Waals surface area contributed by atoms with Gasteiger partial charge in [-0.15, -0.1) is 0 Å². The van der Waals surface area contributed by atoms with E-state index in [1.165, 1.54) is 4.90 Å². The summed E-state index contributed by atoms with van der Waals surface area (Å²) in [5, 5.41) is 11.8. The van der Waals surface area contributed by atoms with Crippen molar-refractivity contribution in [3.8, 4) is 0 Å². The zero-order valence-corrected chi connectivity index (χ0v) is 6.92. The molecule has 1 aliphatic heterocycles. The highest BCUT2D eigenvalue weighted by Gasteiger charge is 2.35. The van der Waals surface area contributed by atoms with Crippen molar-refractivity contribution < 1.29 is 9.90 Å². The van der Waals surface area contributed by atoms with Gasteiger partial charge in [-0.1, -0.05) is 0 Å². The van der Waals surface area contributed by atoms with E-state index in [-0.39, 0.29) is 5.54 Å². The summed E-state index contributed by atoms with van der Waals surface area (Å²) in [5.41, 5.74) is -0.203. The highest BCUT2D eigenvalue weighted by molar-refractivity contribution is 5.65. The third-order valence-corrected chi connectivity index (χ3v) is 2.44. The van der Waals surface area contributed by atoms with Crippen LogP contribution in [0.5, 0.6) is 0 Å². The number of carbonyl (C=O) groups is 1. The van der Waals surface area contributed by atoms with Gasteiger partial charge in [-0.25, -0.2) is 4.79 Å². The molecule has 0 aromatic rings. The van der Waals surface area contributed by atoms with Crippen LogP contribution in [0, 0.1) is 0 Å². The highest BCUT2D eigenvalue weighted by Crippen LogP contribution is 2.20. The van der Waals surface area contributed by atoms with Gasteiger partial charge in [0.25, 0.3) is 0 Å². The molecule has 0 spiro atoms. The predicted molar refractivity (Wildman–Crippen MR) is 41.7 cm³/mol. The summed E-state index contributed by atoms with van der Waals surface area (Å²) in [6.45, 7) is 3.63. The monoisotopic (exact) mass is 158 g/mol. The fourth-order valence-corrected chi connectivity index (χ4v) is 1.32. The summed E-state index contributed by atoms with van der Waals surface area (Å²) in [6.07, 6.45) is 0.0479. The molecule has 1 amide bonds. The van der Waals surface area contributed by atoms with E-state index in [2.05, 4.69) is 5.32 Å². The summed E-state index contributed by atoms with van der Waals surface area (Å²) in [5.74, 6) is 0. The normalized spacial score (nSPS) is 30.4. The minimum atomic E-state index is -0.851. The zero-order chi connectivity index (χ0) is 8.48. The Morgan fingerprint density at radius 1 is 1.73 bits per heavy atom. The Morgan fingerprint density at radius 2 is 2.36 bits per heavy atom. The van der Waals surface area contributed by atoms with Gasteiger partial charge in [0.15, 0.2) is 0 Å². The largest absolute Gasteiger partial charge is 0.465 e. The third-order valence-electron chi connectivity index (χ3n) is 2.44. The van der Waals surface area contributed by atoms with Gasteiger partial charge in [-0.05, 0) is 19.9 Å². The van der Waals surface area contributed by atoms with Crippen molar-refractivity contribution >= 4 is 6.09 Å². The van der Waals surface area contributed by atoms with Crippen molar-refractivity contribution in [2.45, 2.75) is 18.9 Å². The van der Waals surface area contributed by atoms with Gasteiger partial charge in [-0.3, -0.25) is 0 Å². The molecule has 0 aromatic carbocycles. The van der Waals surface area contributed by atoms with E-state index < -0.39 is 6.09 Å². The molecule has 0 aromatic heterocycles. The van der Waals surface area contributed by atoms with Crippen LogP contribution in [0.25, 0.3) is 0 Å². The second-order valence-electron chi connectivity index (χ2n) is 3.27. The van der Waals surface area contributed by atoms with Crippen LogP contribution in [0.15, 0.2) is 0 Å². The van der Waals surface area contributed by atoms with Gasteiger partial charge in [0.2, 0.25) is 0 Å². The van der Waals surface area contributed by atoms with Crippen molar-refractivity contribution in [2.24, 2.45) is 0 Å². The maximum Gasteiger partial charge on any atom is 0.407 e. The topological polar surface area (TPSA) is 52.6 Å². The molecule has 1 unspecified atom stereocenters. The molecule has 0 radical (unpaired) electrons. The second kappa shape index (κ2) is 2.70. The minimum Gasteiger partial charge on any atom is -0.465 e. The van der Waals surface area contributed by atoms with E-state index in [4.69, 9.17) is 5.11 Å². The van der Waals surface area contributed by atoms with Gasteiger partial charge in [0.1, 0.15) is 0 Å². The van der Waals surface area contributed by atoms with E-state index in [1.807, 2.05) is 6.92 Å². The molecule has 1 aliphatic rings. The quantitative estimate of drug-likeness (QED) is 0.579. The fourth-order valence-electron chi connectivity index (χ4n) is 1.32. The number of likely N-dealkylation sites (N-methyl/N-ethyl adjacent to an activating group) is 1. The van der Waals surface area contributed by atoms with Crippen LogP contribution in [-0.2, 0) is 0 Å². The van der Waals surface area contributed by atoms with E-state index >= 15 is 0 Å². The first kappa shape index (κ1) is 8.33. The number of nitrogens with one attached hydrogen (secondary N) is 1. The maximum atomic E-state index is 10.6. The Kier molecular flexibility index (Phi) is 2.04. The SMILES string of the molecule is CN(C(=O)O)C1(C)CCNC1. The summed E-state index contributed by atoms with van der Waals surface area (Å²) in [4.78, 5) is 12.0. The van der Waals surface area contributed by atoms with Crippen molar-refractivity contribution in [1.82, 2.24) is 10.2 Å². The van der Waals surface area contributed by atoms with Gasteiger partial charge in [0, 0.05) is 13.6 Å². The zero-order valence-electron chi connectivity index (χ0n) is 6.92. The highest BCUT2D eigenvalue weighted by atomic mass is 16.4. The van der Waals surface area contributed by atoms with Crippen molar-refractivity contribution in [3.63, 3.8) is 0 Å². The second-order valence-corrected chi connectivity index (χ2v) is 3.27. The average Bonchev–Trinajstić information content (AvgIpc) is 2.35. The molecule has 1 heterocycles. The lowest BCUT2D eigenvalue weighted by Gasteiger charge is -2.32. The first-order chi connectivity index (χ1) is 5.06. The van der Waals surface area contributed by atoms with Gasteiger partial charge in [-0.2, -0.15) is 0 Å². The van der Waals surface area contributed by atoms with Crippen LogP contribution < -0.4 is 5.32 Å². The molecular formula is C7H14N2O2. The van der Waals surface area contributed by atoms with E-state index in [1.54, 1.807) is 7.05 Å². The van der Waals surface area contributed by atoms with Crippen LogP contribution in [0.3, 0.4) is 0 Å². The van der Waals surface area contributed by atoms with Crippen LogP contribution in [-0.4, -0.2) is 41.8 Å². The minimum absolute atomic E-state index is 0.203. The van der Waals surface area contributed by atoms with E-state index in [0.717, 1.165) is 19.5 Å². The molecule has 11 heavy (non-hydrogen) atoms. The van der Waals surface area contributed by atoms with Gasteiger partial charge in [0.05, 0.1) is 5.54 Å². The molecule has 4 heteroatoms. The molecule has 1 atom stereocenters. The first-order valence-corrected chi connectivity index (χ1v) is 3.74. The number of rotatable bonds is 1. The Balaban J connectivity index is 2.63. The van der Waals surface area contributed by atoms with Crippen LogP contribution in [0.1, 0.15) is 13.3 Å². The van der Waals surface area contributed by atoms with Gasteiger partial charge < -0.3 is 15.3 Å². The standard InChI is InChI=1S/C7H14N2O2/c1-7(3-4-8-5-7)9(2)6(10)11/h8H,3-5H2,1-2H3,(H,10,11). The number of carboxylic acid groups (broad SMARTS) is 1. The summed E-state index contributed by atoms with van der Waals surface area (Å²) < 4.78 is 0. The molecule has 2 N–H and O–H groups in total. The van der Waals surface area contributed by atoms with Crippen LogP contribution in [0.2, 0.25) is 0 Å². The molecule has 4 nitrogen and oxygen atoms in total. The van der Waals surface area contributed by atoms with Crippen molar-refractivity contribution in [1.29, 1.82) is 0 Å². The Labute approximate surface area is 66.2 Å². The molecule has 64 valence electrons. The molecule has 0 saturated carbocycles. The summed E-state index contributed by atoms with van der Waals surface area (Å²) >= 11 is 0. The predicted octanol–water partition coefficient (Wildman–Crippen LogP) is 0.348. The van der Waals surface area contributed by atoms with Crippen LogP contribution in [0.4, 0.5) is 4.79 Å². The number of hydrogen-bond donors (Lipinski definition) is 2. The summed E-state index contributed by atoms with van der Waals surface area (Å²) in [7, 11) is 1.62. The first-order valence-electron chi connectivity index (χ1n) is 3.74. The van der Waals surface area contributed by atoms with Crippen molar-refractivity contribution in [2.75, 3.05) is 20.1 Å². The Bertz CT molecular complexity index is 164. The summed E-state index contributed by atoms with van der Waals surface area (Å²) in [6, 6.07) is 0. The van der Waals surface area contributed by atoms with E-state index in [0.29, 0.717) is 0 Å². The lowest BCUT2D eigenvalue weighted by Crippen LogP contribution is -2.48. The Morgan fingerprint density at radius 3 is 2.73 bits per heavy atom. The Hall–Kier alpha value is -0.770. The molecule has 1 saturated heterocycles. The number of hydrogen-bond acceptors (Lipinski definition) is 2. The number of nitrogens with zero attached hydrogens (tertiary/aromatic N) is 1. The molecular weight excluding hydrogens is 144 g/mol. The number of amides is 1. The lowest BCUT2D eigenvalue weighted by molar-refractivity contribution is 0.110. The molecule has 1 rings (SSSR count). The molecule has 0 bridgehead atoms. The lowest BCUT2D eigenvalue weighted by atomic mass is 10.0. The average molecular weight is 158 g/mol. The molecule has 1 fully saturated rings. The van der Waals surface area contributed by atoms with Gasteiger partial charge >= 0.3 is 6.09 Å². The maximum absolute atomic E-state index is 10.6. The van der Waals surface area contributed by atoms with Crippen LogP contribution >= 0.6 is 0 Å². The smallest absolute Gasteiger partial charge is 0.407 e. The van der Waals surface area contributed by atoms with Crippen molar-refractivity contribution in [3.05, 3.63) is 0 Å². The van der Waals surface area contributed by atoms with E-state index in [9.17, 15) is 4.79 Å². The third kappa shape index (κ3) is 1.45. The molecule has 0 aliphatic carbocycles.